The summed E-state index contributed by atoms with van der Waals surface area (Å²) in [6.07, 6.45) is -9.99. The van der Waals surface area contributed by atoms with E-state index in [0.717, 1.165) is 35.2 Å². The van der Waals surface area contributed by atoms with E-state index >= 15 is 0 Å². The number of oxime groups is 1. The van der Waals surface area contributed by atoms with E-state index in [1.807, 2.05) is 0 Å². The molecule has 2 aromatic rings. The summed E-state index contributed by atoms with van der Waals surface area (Å²) < 4.78 is 78.9. The minimum absolute atomic E-state index is 0.00628. The third-order valence-corrected chi connectivity index (χ3v) is 7.01. The molecule has 32 heavy (non-hydrogen) atoms. The number of rotatable bonds is 6. The molecule has 0 bridgehead atoms. The number of carbonyl (C=O) groups excluding carboxylic acids is 1. The summed E-state index contributed by atoms with van der Waals surface area (Å²) in [6, 6.07) is 6.54. The summed E-state index contributed by atoms with van der Waals surface area (Å²) in [6.45, 7) is -1.44. The maximum absolute atomic E-state index is 14.0. The van der Waals surface area contributed by atoms with E-state index in [-0.39, 0.29) is 27.1 Å². The van der Waals surface area contributed by atoms with Crippen LogP contribution in [0.4, 0.5) is 26.3 Å². The van der Waals surface area contributed by atoms with Crippen LogP contribution >= 0.6 is 46.3 Å². The molecule has 4 nitrogen and oxygen atoms in total. The second-order valence-electron chi connectivity index (χ2n) is 6.59. The van der Waals surface area contributed by atoms with Crippen molar-refractivity contribution in [2.75, 3.05) is 12.3 Å². The predicted molar refractivity (Wildman–Crippen MR) is 111 cm³/mol. The Hall–Kier alpha value is -1.63. The summed E-state index contributed by atoms with van der Waals surface area (Å²) in [5, 5.41) is 5.39. The first-order valence-corrected chi connectivity index (χ1v) is 11.2. The van der Waals surface area contributed by atoms with Crippen molar-refractivity contribution in [3.05, 3.63) is 50.8 Å². The van der Waals surface area contributed by atoms with Gasteiger partial charge in [-0.05, 0) is 30.3 Å². The Morgan fingerprint density at radius 3 is 2.41 bits per heavy atom. The molecule has 0 saturated carbocycles. The molecule has 0 fully saturated rings. The third-order valence-electron chi connectivity index (χ3n) is 4.21. The summed E-state index contributed by atoms with van der Waals surface area (Å²) in [4.78, 5) is 16.8. The number of hydrogen-bond donors (Lipinski definition) is 1. The van der Waals surface area contributed by atoms with Gasteiger partial charge in [-0.15, -0.1) is 23.1 Å². The number of amides is 1. The fraction of sp³-hybridized carbons (Fsp3) is 0.333. The lowest BCUT2D eigenvalue weighted by Gasteiger charge is -2.29. The number of carbonyl (C=O) groups is 1. The second kappa shape index (κ2) is 9.32. The zero-order valence-electron chi connectivity index (χ0n) is 15.6. The SMILES string of the molecule is O=C(CSc1ccc(C2=NOC(c3cc(Cl)cc(Cl)c3)(C(F)(F)F)C2)s1)NCC(F)(F)F. The molecule has 2 heterocycles. The van der Waals surface area contributed by atoms with Gasteiger partial charge in [-0.2, -0.15) is 26.3 Å². The zero-order chi connectivity index (χ0) is 23.7. The highest BCUT2D eigenvalue weighted by molar-refractivity contribution is 8.01. The number of nitrogens with one attached hydrogen (secondary N) is 1. The van der Waals surface area contributed by atoms with Gasteiger partial charge in [0, 0.05) is 15.6 Å². The molecule has 0 saturated heterocycles. The van der Waals surface area contributed by atoms with Gasteiger partial charge in [0.25, 0.3) is 5.60 Å². The van der Waals surface area contributed by atoms with Gasteiger partial charge < -0.3 is 10.2 Å². The summed E-state index contributed by atoms with van der Waals surface area (Å²) in [5.74, 6) is -1.11. The Balaban J connectivity index is 1.71. The molecule has 1 unspecified atom stereocenters. The lowest BCUT2D eigenvalue weighted by atomic mass is 9.88. The molecule has 174 valence electrons. The molecule has 0 radical (unpaired) electrons. The molecule has 1 atom stereocenters. The van der Waals surface area contributed by atoms with Crippen LogP contribution in [0, 0.1) is 0 Å². The van der Waals surface area contributed by atoms with Crippen LogP contribution in [0.15, 0.2) is 39.7 Å². The molecule has 1 aliphatic rings. The van der Waals surface area contributed by atoms with Crippen LogP contribution in [0.1, 0.15) is 16.9 Å². The van der Waals surface area contributed by atoms with Crippen LogP contribution in [-0.4, -0.2) is 36.3 Å². The van der Waals surface area contributed by atoms with Crippen LogP contribution in [0.5, 0.6) is 0 Å². The molecule has 1 N–H and O–H groups in total. The number of nitrogens with zero attached hydrogens (tertiary/aromatic N) is 1. The highest BCUT2D eigenvalue weighted by Crippen LogP contribution is 2.50. The fourth-order valence-electron chi connectivity index (χ4n) is 2.76. The Labute approximate surface area is 195 Å². The molecule has 14 heteroatoms. The van der Waals surface area contributed by atoms with Crippen molar-refractivity contribution in [3.8, 4) is 0 Å². The first-order valence-electron chi connectivity index (χ1n) is 8.64. The van der Waals surface area contributed by atoms with Gasteiger partial charge in [-0.25, -0.2) is 0 Å². The van der Waals surface area contributed by atoms with E-state index in [9.17, 15) is 31.1 Å². The topological polar surface area (TPSA) is 50.7 Å². The van der Waals surface area contributed by atoms with Crippen molar-refractivity contribution in [3.63, 3.8) is 0 Å². The Morgan fingerprint density at radius 2 is 1.81 bits per heavy atom. The third kappa shape index (κ3) is 5.83. The lowest BCUT2D eigenvalue weighted by molar-refractivity contribution is -0.275. The normalized spacial score (nSPS) is 18.9. The van der Waals surface area contributed by atoms with Crippen molar-refractivity contribution in [2.24, 2.45) is 5.16 Å². The van der Waals surface area contributed by atoms with E-state index in [0.29, 0.717) is 9.09 Å². The minimum Gasteiger partial charge on any atom is -0.374 e. The molecule has 0 aliphatic carbocycles. The average Bonchev–Trinajstić information content (AvgIpc) is 3.30. The number of thioether (sulfide) groups is 1. The molecule has 0 spiro atoms. The van der Waals surface area contributed by atoms with Gasteiger partial charge in [0.15, 0.2) is 0 Å². The molecule has 1 amide bonds. The molecular weight excluding hydrogens is 525 g/mol. The van der Waals surface area contributed by atoms with Gasteiger partial charge in [0.2, 0.25) is 5.91 Å². The maximum atomic E-state index is 14.0. The highest BCUT2D eigenvalue weighted by atomic mass is 35.5. The van der Waals surface area contributed by atoms with Crippen LogP contribution in [0.3, 0.4) is 0 Å². The van der Waals surface area contributed by atoms with Crippen LogP contribution < -0.4 is 5.32 Å². The average molecular weight is 537 g/mol. The van der Waals surface area contributed by atoms with E-state index in [4.69, 9.17) is 28.0 Å². The molecular formula is C18H12Cl2F6N2O2S2. The zero-order valence-corrected chi connectivity index (χ0v) is 18.8. The van der Waals surface area contributed by atoms with Gasteiger partial charge in [0.1, 0.15) is 12.3 Å². The number of alkyl halides is 6. The van der Waals surface area contributed by atoms with E-state index in [2.05, 4.69) is 5.16 Å². The smallest absolute Gasteiger partial charge is 0.374 e. The van der Waals surface area contributed by atoms with Crippen LogP contribution in [0.2, 0.25) is 10.0 Å². The van der Waals surface area contributed by atoms with E-state index < -0.39 is 36.8 Å². The fourth-order valence-corrected chi connectivity index (χ4v) is 5.23. The number of thiophene rings is 1. The quantitative estimate of drug-likeness (QED) is 0.343. The number of halogens is 8. The van der Waals surface area contributed by atoms with Crippen molar-refractivity contribution in [2.45, 2.75) is 28.6 Å². The van der Waals surface area contributed by atoms with Crippen molar-refractivity contribution in [1.82, 2.24) is 5.32 Å². The van der Waals surface area contributed by atoms with Crippen LogP contribution in [-0.2, 0) is 15.2 Å². The van der Waals surface area contributed by atoms with E-state index in [1.54, 1.807) is 5.32 Å². The predicted octanol–water partition coefficient (Wildman–Crippen LogP) is 6.41. The van der Waals surface area contributed by atoms with Gasteiger partial charge in [-0.3, -0.25) is 4.79 Å². The first kappa shape index (κ1) is 25.0. The number of hydrogen-bond acceptors (Lipinski definition) is 5. The number of benzene rings is 1. The molecule has 1 aliphatic heterocycles. The molecule has 1 aromatic carbocycles. The summed E-state index contributed by atoms with van der Waals surface area (Å²) >= 11 is 13.7. The molecule has 3 rings (SSSR count). The van der Waals surface area contributed by atoms with Crippen molar-refractivity contribution in [1.29, 1.82) is 0 Å². The van der Waals surface area contributed by atoms with Gasteiger partial charge in [0.05, 0.1) is 21.3 Å². The van der Waals surface area contributed by atoms with Crippen LogP contribution in [0.25, 0.3) is 0 Å². The Bertz CT molecular complexity index is 1020. The summed E-state index contributed by atoms with van der Waals surface area (Å²) in [7, 11) is 0. The van der Waals surface area contributed by atoms with E-state index in [1.165, 1.54) is 18.2 Å². The monoisotopic (exact) mass is 536 g/mol. The Morgan fingerprint density at radius 1 is 1.16 bits per heavy atom. The minimum atomic E-state index is -4.84. The standard InChI is InChI=1S/C18H12Cl2F6N2O2S2/c19-10-3-9(4-11(20)5-10)16(18(24,25)26)6-12(28-30-16)13-1-2-15(32-13)31-7-14(29)27-8-17(21,22)23/h1-5H,6-8H2,(H,27,29). The van der Waals surface area contributed by atoms with Gasteiger partial charge in [-0.1, -0.05) is 28.4 Å². The maximum Gasteiger partial charge on any atom is 0.435 e. The van der Waals surface area contributed by atoms with Gasteiger partial charge >= 0.3 is 12.4 Å². The lowest BCUT2D eigenvalue weighted by Crippen LogP contribution is -2.42. The summed E-state index contributed by atoms with van der Waals surface area (Å²) in [5.41, 5.74) is -3.04. The van der Waals surface area contributed by atoms with Crippen molar-refractivity contribution >= 4 is 57.9 Å². The Kier molecular flexibility index (Phi) is 7.28. The second-order valence-corrected chi connectivity index (χ2v) is 9.82. The largest absolute Gasteiger partial charge is 0.435 e. The van der Waals surface area contributed by atoms with Crippen molar-refractivity contribution < 1.29 is 36.0 Å². The first-order chi connectivity index (χ1) is 14.8. The molecule has 1 aromatic heterocycles. The highest BCUT2D eigenvalue weighted by Gasteiger charge is 2.62.